The molecular formula is C20H22FN3O3. The van der Waals surface area contributed by atoms with Crippen molar-refractivity contribution in [2.45, 2.75) is 27.2 Å². The fourth-order valence-corrected chi connectivity index (χ4v) is 2.87. The maximum Gasteiger partial charge on any atom is 0.274 e. The molecule has 3 rings (SSSR count). The molecule has 0 aliphatic heterocycles. The van der Waals surface area contributed by atoms with Crippen molar-refractivity contribution in [1.29, 1.82) is 0 Å². The number of aryl methyl sites for hydroxylation is 1. The Balaban J connectivity index is 1.95. The fourth-order valence-electron chi connectivity index (χ4n) is 2.87. The van der Waals surface area contributed by atoms with Crippen molar-refractivity contribution in [3.05, 3.63) is 53.7 Å². The largest absolute Gasteiger partial charge is 0.490 e. The maximum atomic E-state index is 13.7. The van der Waals surface area contributed by atoms with Crippen LogP contribution in [0.15, 0.2) is 36.5 Å². The highest BCUT2D eigenvalue weighted by Crippen LogP contribution is 2.31. The second-order valence-electron chi connectivity index (χ2n) is 5.82. The number of pyridine rings is 1. The molecule has 3 aromatic rings. The Morgan fingerprint density at radius 3 is 2.56 bits per heavy atom. The molecule has 7 heteroatoms. The zero-order valence-electron chi connectivity index (χ0n) is 15.6. The van der Waals surface area contributed by atoms with E-state index in [0.29, 0.717) is 53.9 Å². The van der Waals surface area contributed by atoms with Gasteiger partial charge in [0.2, 0.25) is 0 Å². The highest BCUT2D eigenvalue weighted by atomic mass is 19.1. The van der Waals surface area contributed by atoms with Crippen LogP contribution in [0.2, 0.25) is 0 Å². The van der Waals surface area contributed by atoms with Gasteiger partial charge in [0.1, 0.15) is 17.2 Å². The lowest BCUT2D eigenvalue weighted by atomic mass is 10.2. The third-order valence-corrected chi connectivity index (χ3v) is 4.01. The number of rotatable bonds is 7. The molecule has 0 aliphatic rings. The summed E-state index contributed by atoms with van der Waals surface area (Å²) in [7, 11) is 0. The summed E-state index contributed by atoms with van der Waals surface area (Å²) in [5.74, 6) is 0.369. The lowest BCUT2D eigenvalue weighted by molar-refractivity contribution is 0.102. The Bertz CT molecular complexity index is 969. The van der Waals surface area contributed by atoms with Gasteiger partial charge >= 0.3 is 0 Å². The van der Waals surface area contributed by atoms with Gasteiger partial charge in [-0.2, -0.15) is 0 Å². The molecule has 0 radical (unpaired) electrons. The van der Waals surface area contributed by atoms with Gasteiger partial charge in [-0.15, -0.1) is 0 Å². The van der Waals surface area contributed by atoms with Gasteiger partial charge < -0.3 is 14.8 Å². The molecule has 0 unspecified atom stereocenters. The second kappa shape index (κ2) is 8.07. The van der Waals surface area contributed by atoms with Gasteiger partial charge in [-0.25, -0.2) is 9.37 Å². The molecule has 2 heterocycles. The van der Waals surface area contributed by atoms with Crippen LogP contribution in [0.3, 0.4) is 0 Å². The monoisotopic (exact) mass is 371 g/mol. The van der Waals surface area contributed by atoms with Crippen LogP contribution in [0, 0.1) is 5.82 Å². The zero-order chi connectivity index (χ0) is 19.4. The van der Waals surface area contributed by atoms with E-state index >= 15 is 0 Å². The quantitative estimate of drug-likeness (QED) is 0.679. The zero-order valence-corrected chi connectivity index (χ0v) is 15.6. The molecule has 1 aromatic carbocycles. The van der Waals surface area contributed by atoms with Crippen molar-refractivity contribution in [3.63, 3.8) is 0 Å². The van der Waals surface area contributed by atoms with Crippen molar-refractivity contribution >= 4 is 17.2 Å². The number of nitrogens with zero attached hydrogens (tertiary/aromatic N) is 2. The van der Waals surface area contributed by atoms with Crippen LogP contribution >= 0.6 is 0 Å². The molecule has 6 nitrogen and oxygen atoms in total. The van der Waals surface area contributed by atoms with Gasteiger partial charge in [-0.05, 0) is 44.5 Å². The summed E-state index contributed by atoms with van der Waals surface area (Å²) >= 11 is 0. The Kier molecular flexibility index (Phi) is 5.59. The Hall–Kier alpha value is -3.09. The molecule has 0 atom stereocenters. The molecule has 0 saturated heterocycles. The minimum atomic E-state index is -0.434. The molecule has 0 bridgehead atoms. The normalized spacial score (nSPS) is 10.8. The van der Waals surface area contributed by atoms with E-state index in [1.165, 1.54) is 16.7 Å². The van der Waals surface area contributed by atoms with E-state index < -0.39 is 5.82 Å². The highest BCUT2D eigenvalue weighted by molar-refractivity contribution is 6.04. The summed E-state index contributed by atoms with van der Waals surface area (Å²) in [5, 5.41) is 2.84. The molecule has 2 aromatic heterocycles. The Morgan fingerprint density at radius 2 is 1.85 bits per heavy atom. The number of benzene rings is 1. The first-order valence-corrected chi connectivity index (χ1v) is 8.94. The molecule has 1 amide bonds. The molecule has 0 spiro atoms. The topological polar surface area (TPSA) is 64.9 Å². The fraction of sp³-hybridized carbons (Fsp3) is 0.300. The molecule has 0 aliphatic carbocycles. The van der Waals surface area contributed by atoms with Crippen LogP contribution < -0.4 is 14.8 Å². The maximum absolute atomic E-state index is 13.7. The van der Waals surface area contributed by atoms with Crippen LogP contribution in [0.5, 0.6) is 11.5 Å². The summed E-state index contributed by atoms with van der Waals surface area (Å²) < 4.78 is 26.3. The van der Waals surface area contributed by atoms with E-state index in [9.17, 15) is 9.18 Å². The number of carbonyl (C=O) groups excluding carboxylic acids is 1. The summed E-state index contributed by atoms with van der Waals surface area (Å²) in [6.07, 6.45) is 1.82. The van der Waals surface area contributed by atoms with Gasteiger partial charge in [-0.3, -0.25) is 9.20 Å². The number of halogens is 1. The lowest BCUT2D eigenvalue weighted by Gasteiger charge is -2.13. The second-order valence-corrected chi connectivity index (χ2v) is 5.82. The lowest BCUT2D eigenvalue weighted by Crippen LogP contribution is -2.16. The molecular weight excluding hydrogens is 349 g/mol. The number of amides is 1. The Labute approximate surface area is 156 Å². The SMILES string of the molecule is CCOc1ccc(NC(=O)c2c(CC)nc3ccc(F)cn23)cc1OCC. The smallest absolute Gasteiger partial charge is 0.274 e. The number of hydrogen-bond donors (Lipinski definition) is 1. The van der Waals surface area contributed by atoms with E-state index in [4.69, 9.17) is 9.47 Å². The molecule has 27 heavy (non-hydrogen) atoms. The number of carbonyl (C=O) groups is 1. The minimum absolute atomic E-state index is 0.318. The van der Waals surface area contributed by atoms with Gasteiger partial charge in [0.05, 0.1) is 18.9 Å². The summed E-state index contributed by atoms with van der Waals surface area (Å²) in [6, 6.07) is 8.07. The first kappa shape index (κ1) is 18.7. The third-order valence-electron chi connectivity index (χ3n) is 4.01. The van der Waals surface area contributed by atoms with Gasteiger partial charge in [-0.1, -0.05) is 6.92 Å². The average Bonchev–Trinajstić information content (AvgIpc) is 3.02. The minimum Gasteiger partial charge on any atom is -0.490 e. The van der Waals surface area contributed by atoms with E-state index in [1.807, 2.05) is 20.8 Å². The van der Waals surface area contributed by atoms with E-state index in [2.05, 4.69) is 10.3 Å². The number of anilines is 1. The first-order chi connectivity index (χ1) is 13.1. The summed E-state index contributed by atoms with van der Waals surface area (Å²) in [5.41, 5.74) is 2.01. The number of nitrogens with one attached hydrogen (secondary N) is 1. The van der Waals surface area contributed by atoms with Crippen LogP contribution in [-0.2, 0) is 6.42 Å². The van der Waals surface area contributed by atoms with Gasteiger partial charge in [0.25, 0.3) is 5.91 Å². The first-order valence-electron chi connectivity index (χ1n) is 8.94. The standard InChI is InChI=1S/C20H22FN3O3/c1-4-15-19(24-12-13(21)7-10-18(24)23-15)20(25)22-14-8-9-16(26-5-2)17(11-14)27-6-3/h7-12H,4-6H2,1-3H3,(H,22,25). The number of ether oxygens (including phenoxy) is 2. The number of aromatic nitrogens is 2. The van der Waals surface area contributed by atoms with Crippen LogP contribution in [0.25, 0.3) is 5.65 Å². The summed E-state index contributed by atoms with van der Waals surface area (Å²) in [4.78, 5) is 17.3. The van der Waals surface area contributed by atoms with E-state index in [1.54, 1.807) is 24.3 Å². The predicted molar refractivity (Wildman–Crippen MR) is 101 cm³/mol. The average molecular weight is 371 g/mol. The predicted octanol–water partition coefficient (Wildman–Crippen LogP) is 4.09. The molecule has 142 valence electrons. The van der Waals surface area contributed by atoms with Crippen molar-refractivity contribution in [2.75, 3.05) is 18.5 Å². The molecule has 1 N–H and O–H groups in total. The summed E-state index contributed by atoms with van der Waals surface area (Å²) in [6.45, 7) is 6.66. The number of imidazole rings is 1. The van der Waals surface area contributed by atoms with E-state index in [0.717, 1.165) is 0 Å². The number of hydrogen-bond acceptors (Lipinski definition) is 4. The van der Waals surface area contributed by atoms with Gasteiger partial charge in [0.15, 0.2) is 11.5 Å². The van der Waals surface area contributed by atoms with Crippen LogP contribution in [0.1, 0.15) is 37.0 Å². The van der Waals surface area contributed by atoms with Crippen molar-refractivity contribution in [3.8, 4) is 11.5 Å². The van der Waals surface area contributed by atoms with Crippen molar-refractivity contribution in [2.24, 2.45) is 0 Å². The Morgan fingerprint density at radius 1 is 1.11 bits per heavy atom. The highest BCUT2D eigenvalue weighted by Gasteiger charge is 2.19. The number of fused-ring (bicyclic) bond motifs is 1. The third kappa shape index (κ3) is 3.86. The van der Waals surface area contributed by atoms with Gasteiger partial charge in [0, 0.05) is 18.0 Å². The molecule has 0 saturated carbocycles. The van der Waals surface area contributed by atoms with Crippen molar-refractivity contribution < 1.29 is 18.7 Å². The van der Waals surface area contributed by atoms with E-state index in [-0.39, 0.29) is 5.91 Å². The van der Waals surface area contributed by atoms with Crippen molar-refractivity contribution in [1.82, 2.24) is 9.38 Å². The van der Waals surface area contributed by atoms with Crippen LogP contribution in [0.4, 0.5) is 10.1 Å². The van der Waals surface area contributed by atoms with Crippen LogP contribution in [-0.4, -0.2) is 28.5 Å². The molecule has 0 fully saturated rings.